The van der Waals surface area contributed by atoms with E-state index in [0.29, 0.717) is 0 Å². The maximum atomic E-state index is 5.61. The van der Waals surface area contributed by atoms with Crippen LogP contribution in [0.1, 0.15) is 16.7 Å². The van der Waals surface area contributed by atoms with E-state index in [1.165, 1.54) is 4.88 Å². The van der Waals surface area contributed by atoms with Gasteiger partial charge in [-0.25, -0.2) is 4.98 Å². The van der Waals surface area contributed by atoms with Crippen LogP contribution < -0.4 is 5.32 Å². The monoisotopic (exact) mass is 184 g/mol. The van der Waals surface area contributed by atoms with Crippen LogP contribution in [-0.2, 0) is 4.74 Å². The summed E-state index contributed by atoms with van der Waals surface area (Å²) >= 11 is 1.68. The van der Waals surface area contributed by atoms with Crippen molar-refractivity contribution in [2.75, 3.05) is 19.7 Å². The van der Waals surface area contributed by atoms with Crippen molar-refractivity contribution in [1.29, 1.82) is 0 Å². The van der Waals surface area contributed by atoms with Crippen molar-refractivity contribution in [1.82, 2.24) is 10.3 Å². The first-order chi connectivity index (χ1) is 5.88. The van der Waals surface area contributed by atoms with Crippen LogP contribution in [0.15, 0.2) is 5.51 Å². The van der Waals surface area contributed by atoms with Crippen LogP contribution in [0.3, 0.4) is 0 Å². The lowest BCUT2D eigenvalue weighted by Gasteiger charge is -2.22. The number of nitrogens with one attached hydrogen (secondary N) is 1. The zero-order valence-electron chi connectivity index (χ0n) is 7.04. The summed E-state index contributed by atoms with van der Waals surface area (Å²) in [6, 6.07) is 0. The normalized spacial score (nSPS) is 24.2. The molecule has 0 aliphatic carbocycles. The Morgan fingerprint density at radius 3 is 3.25 bits per heavy atom. The molecule has 1 N–H and O–H groups in total. The molecule has 66 valence electrons. The largest absolute Gasteiger partial charge is 0.370 e. The van der Waals surface area contributed by atoms with Crippen LogP contribution in [-0.4, -0.2) is 24.7 Å². The summed E-state index contributed by atoms with van der Waals surface area (Å²) in [5.41, 5.74) is 2.98. The van der Waals surface area contributed by atoms with Crippen molar-refractivity contribution in [3.8, 4) is 0 Å². The molecule has 1 unspecified atom stereocenters. The lowest BCUT2D eigenvalue weighted by molar-refractivity contribution is 0.0295. The summed E-state index contributed by atoms with van der Waals surface area (Å²) in [5, 5.41) is 3.30. The number of hydrogen-bond acceptors (Lipinski definition) is 4. The Balaban J connectivity index is 2.13. The Bertz CT molecular complexity index is 255. The van der Waals surface area contributed by atoms with Gasteiger partial charge in [-0.15, -0.1) is 11.3 Å². The van der Waals surface area contributed by atoms with Crippen molar-refractivity contribution >= 4 is 11.3 Å². The van der Waals surface area contributed by atoms with E-state index < -0.39 is 0 Å². The standard InChI is InChI=1S/C8H12N2OS/c1-6-8(12-5-10-6)7-4-9-2-3-11-7/h5,7,9H,2-4H2,1H3. The van der Waals surface area contributed by atoms with Crippen LogP contribution >= 0.6 is 11.3 Å². The molecule has 0 radical (unpaired) electrons. The van der Waals surface area contributed by atoms with Gasteiger partial charge in [-0.1, -0.05) is 0 Å². The summed E-state index contributed by atoms with van der Waals surface area (Å²) in [6.45, 7) is 4.73. The predicted molar refractivity (Wildman–Crippen MR) is 48.4 cm³/mol. The average molecular weight is 184 g/mol. The van der Waals surface area contributed by atoms with E-state index in [1.807, 2.05) is 12.4 Å². The molecule has 0 spiro atoms. The summed E-state index contributed by atoms with van der Waals surface area (Å²) in [6.07, 6.45) is 0.228. The molecule has 1 fully saturated rings. The number of nitrogens with zero attached hydrogens (tertiary/aromatic N) is 1. The van der Waals surface area contributed by atoms with Gasteiger partial charge in [0.1, 0.15) is 6.10 Å². The second-order valence-electron chi connectivity index (χ2n) is 2.87. The molecule has 1 atom stereocenters. The minimum Gasteiger partial charge on any atom is -0.370 e. The maximum Gasteiger partial charge on any atom is 0.106 e. The maximum absolute atomic E-state index is 5.61. The smallest absolute Gasteiger partial charge is 0.106 e. The number of ether oxygens (including phenoxy) is 1. The molecule has 4 heteroatoms. The molecule has 1 aliphatic rings. The number of thiazole rings is 1. The molecule has 12 heavy (non-hydrogen) atoms. The lowest BCUT2D eigenvalue weighted by Crippen LogP contribution is -2.33. The highest BCUT2D eigenvalue weighted by Gasteiger charge is 2.18. The Morgan fingerprint density at radius 1 is 1.75 bits per heavy atom. The van der Waals surface area contributed by atoms with Crippen LogP contribution in [0.5, 0.6) is 0 Å². The van der Waals surface area contributed by atoms with Gasteiger partial charge in [0.25, 0.3) is 0 Å². The quantitative estimate of drug-likeness (QED) is 0.710. The SMILES string of the molecule is Cc1ncsc1C1CNCCO1. The first kappa shape index (κ1) is 8.16. The summed E-state index contributed by atoms with van der Waals surface area (Å²) < 4.78 is 5.61. The topological polar surface area (TPSA) is 34.2 Å². The van der Waals surface area contributed by atoms with Gasteiger partial charge in [0, 0.05) is 13.1 Å². The fourth-order valence-electron chi connectivity index (χ4n) is 1.35. The van der Waals surface area contributed by atoms with Gasteiger partial charge in [0.2, 0.25) is 0 Å². The Morgan fingerprint density at radius 2 is 2.67 bits per heavy atom. The summed E-state index contributed by atoms with van der Waals surface area (Å²) in [5.74, 6) is 0. The highest BCUT2D eigenvalue weighted by molar-refractivity contribution is 7.09. The van der Waals surface area contributed by atoms with E-state index >= 15 is 0 Å². The molecule has 1 aromatic rings. The molecule has 0 saturated carbocycles. The zero-order valence-corrected chi connectivity index (χ0v) is 7.86. The number of aryl methyl sites for hydroxylation is 1. The number of hydrogen-bond donors (Lipinski definition) is 1. The Hall–Kier alpha value is -0.450. The van der Waals surface area contributed by atoms with E-state index in [-0.39, 0.29) is 6.10 Å². The van der Waals surface area contributed by atoms with Crippen LogP contribution in [0.25, 0.3) is 0 Å². The van der Waals surface area contributed by atoms with Crippen molar-refractivity contribution in [3.05, 3.63) is 16.1 Å². The predicted octanol–water partition coefficient (Wildman–Crippen LogP) is 1.11. The molecule has 1 aliphatic heterocycles. The first-order valence-corrected chi connectivity index (χ1v) is 4.98. The molecule has 1 aromatic heterocycles. The fraction of sp³-hybridized carbons (Fsp3) is 0.625. The van der Waals surface area contributed by atoms with Gasteiger partial charge in [-0.3, -0.25) is 0 Å². The van der Waals surface area contributed by atoms with Gasteiger partial charge >= 0.3 is 0 Å². The fourth-order valence-corrected chi connectivity index (χ4v) is 2.20. The average Bonchev–Trinajstić information content (AvgIpc) is 2.53. The third-order valence-electron chi connectivity index (χ3n) is 2.00. The molecular weight excluding hydrogens is 172 g/mol. The number of morpholine rings is 1. The third kappa shape index (κ3) is 1.50. The van der Waals surface area contributed by atoms with Gasteiger partial charge in [-0.05, 0) is 6.92 Å². The van der Waals surface area contributed by atoms with Gasteiger partial charge in [-0.2, -0.15) is 0 Å². The minimum absolute atomic E-state index is 0.228. The highest BCUT2D eigenvalue weighted by Crippen LogP contribution is 2.25. The summed E-state index contributed by atoms with van der Waals surface area (Å²) in [7, 11) is 0. The third-order valence-corrected chi connectivity index (χ3v) is 3.03. The molecule has 1 saturated heterocycles. The minimum atomic E-state index is 0.228. The molecule has 2 rings (SSSR count). The van der Waals surface area contributed by atoms with Crippen LogP contribution in [0, 0.1) is 6.92 Å². The Labute approximate surface area is 75.8 Å². The lowest BCUT2D eigenvalue weighted by atomic mass is 10.2. The van der Waals surface area contributed by atoms with E-state index in [1.54, 1.807) is 11.3 Å². The van der Waals surface area contributed by atoms with Crippen molar-refractivity contribution in [3.63, 3.8) is 0 Å². The van der Waals surface area contributed by atoms with Crippen molar-refractivity contribution in [2.24, 2.45) is 0 Å². The second-order valence-corrected chi connectivity index (χ2v) is 3.75. The number of rotatable bonds is 1. The molecule has 0 bridgehead atoms. The first-order valence-electron chi connectivity index (χ1n) is 4.10. The van der Waals surface area contributed by atoms with Crippen molar-refractivity contribution < 1.29 is 4.74 Å². The van der Waals surface area contributed by atoms with Crippen LogP contribution in [0.2, 0.25) is 0 Å². The van der Waals surface area contributed by atoms with Gasteiger partial charge in [0.15, 0.2) is 0 Å². The molecule has 0 aromatic carbocycles. The molecule has 2 heterocycles. The van der Waals surface area contributed by atoms with Gasteiger partial charge in [0.05, 0.1) is 22.7 Å². The Kier molecular flexibility index (Phi) is 2.39. The highest BCUT2D eigenvalue weighted by atomic mass is 32.1. The van der Waals surface area contributed by atoms with E-state index in [2.05, 4.69) is 10.3 Å². The van der Waals surface area contributed by atoms with Gasteiger partial charge < -0.3 is 10.1 Å². The molecule has 0 amide bonds. The van der Waals surface area contributed by atoms with E-state index in [4.69, 9.17) is 4.74 Å². The second kappa shape index (κ2) is 3.51. The van der Waals surface area contributed by atoms with E-state index in [0.717, 1.165) is 25.4 Å². The zero-order chi connectivity index (χ0) is 8.39. The van der Waals surface area contributed by atoms with Crippen molar-refractivity contribution in [2.45, 2.75) is 13.0 Å². The van der Waals surface area contributed by atoms with E-state index in [9.17, 15) is 0 Å². The molecule has 3 nitrogen and oxygen atoms in total. The van der Waals surface area contributed by atoms with Crippen LogP contribution in [0.4, 0.5) is 0 Å². The number of aromatic nitrogens is 1. The summed E-state index contributed by atoms with van der Waals surface area (Å²) in [4.78, 5) is 5.47. The molecular formula is C8H12N2OS.